The standard InChI is InChI=1S/C19H17BrN6O3/c20-13-4-2-1-3-12(13)19(27)26-25-18-16(21)17(23-9-24-18)22-8-11-5-6-14-15(7-11)29-10-28-14/h1-7,9H,8,10,21H2,(H,26,27)(H2,22,23,24,25). The minimum absolute atomic E-state index is 0.228. The summed E-state index contributed by atoms with van der Waals surface area (Å²) in [5.41, 5.74) is 13.2. The molecule has 0 radical (unpaired) electrons. The molecule has 0 bridgehead atoms. The summed E-state index contributed by atoms with van der Waals surface area (Å²) in [6.07, 6.45) is 1.35. The summed E-state index contributed by atoms with van der Waals surface area (Å²) in [4.78, 5) is 20.6. The second-order valence-corrected chi connectivity index (χ2v) is 6.94. The molecule has 0 spiro atoms. The van der Waals surface area contributed by atoms with Crippen LogP contribution in [0.1, 0.15) is 15.9 Å². The number of carbonyl (C=O) groups excluding carboxylic acids is 1. The van der Waals surface area contributed by atoms with Crippen molar-refractivity contribution in [1.82, 2.24) is 15.4 Å². The molecule has 0 aliphatic carbocycles. The molecule has 0 unspecified atom stereocenters. The number of aromatic nitrogens is 2. The van der Waals surface area contributed by atoms with Gasteiger partial charge in [0.05, 0.1) is 5.56 Å². The maximum atomic E-state index is 12.3. The first-order valence-electron chi connectivity index (χ1n) is 8.65. The van der Waals surface area contributed by atoms with Crippen molar-refractivity contribution >= 4 is 39.2 Å². The molecule has 1 aliphatic rings. The number of benzene rings is 2. The van der Waals surface area contributed by atoms with Crippen LogP contribution in [0.15, 0.2) is 53.3 Å². The molecule has 0 fully saturated rings. The van der Waals surface area contributed by atoms with E-state index in [1.807, 2.05) is 24.3 Å². The first-order chi connectivity index (χ1) is 14.1. The number of rotatable bonds is 6. The second kappa shape index (κ2) is 8.23. The third-order valence-corrected chi connectivity index (χ3v) is 4.89. The Balaban J connectivity index is 1.41. The topological polar surface area (TPSA) is 123 Å². The van der Waals surface area contributed by atoms with Crippen LogP contribution in [0.25, 0.3) is 0 Å². The number of hydrazine groups is 1. The Kier molecular flexibility index (Phi) is 5.34. The predicted molar refractivity (Wildman–Crippen MR) is 112 cm³/mol. The minimum Gasteiger partial charge on any atom is -0.454 e. The highest BCUT2D eigenvalue weighted by atomic mass is 79.9. The van der Waals surface area contributed by atoms with Crippen molar-refractivity contribution in [3.05, 3.63) is 64.4 Å². The summed E-state index contributed by atoms with van der Waals surface area (Å²) >= 11 is 3.34. The quantitative estimate of drug-likeness (QED) is 0.417. The SMILES string of the molecule is Nc1c(NCc2ccc3c(c2)OCO3)ncnc1NNC(=O)c1ccccc1Br. The van der Waals surface area contributed by atoms with Crippen molar-refractivity contribution < 1.29 is 14.3 Å². The van der Waals surface area contributed by atoms with E-state index in [0.29, 0.717) is 28.1 Å². The van der Waals surface area contributed by atoms with Gasteiger partial charge in [0.15, 0.2) is 23.1 Å². The number of nitrogens with two attached hydrogens (primary N) is 1. The lowest BCUT2D eigenvalue weighted by Crippen LogP contribution is -2.30. The van der Waals surface area contributed by atoms with Crippen molar-refractivity contribution in [3.63, 3.8) is 0 Å². The summed E-state index contributed by atoms with van der Waals surface area (Å²) in [6.45, 7) is 0.700. The Bertz CT molecular complexity index is 1060. The average Bonchev–Trinajstić information content (AvgIpc) is 3.20. The van der Waals surface area contributed by atoms with Gasteiger partial charge in [0.1, 0.15) is 12.0 Å². The van der Waals surface area contributed by atoms with Crippen molar-refractivity contribution in [2.24, 2.45) is 0 Å². The molecule has 3 aromatic rings. The second-order valence-electron chi connectivity index (χ2n) is 6.08. The summed E-state index contributed by atoms with van der Waals surface area (Å²) < 4.78 is 11.4. The Hall–Kier alpha value is -3.53. The van der Waals surface area contributed by atoms with Crippen molar-refractivity contribution in [2.75, 3.05) is 23.3 Å². The number of halogens is 1. The molecule has 0 atom stereocenters. The van der Waals surface area contributed by atoms with Gasteiger partial charge in [0.25, 0.3) is 5.91 Å². The number of amides is 1. The molecule has 9 nitrogen and oxygen atoms in total. The lowest BCUT2D eigenvalue weighted by atomic mass is 10.2. The van der Waals surface area contributed by atoms with Gasteiger partial charge in [-0.25, -0.2) is 9.97 Å². The number of hydrogen-bond donors (Lipinski definition) is 4. The zero-order chi connectivity index (χ0) is 20.2. The molecule has 10 heteroatoms. The molecule has 148 valence electrons. The van der Waals surface area contributed by atoms with Gasteiger partial charge in [0.2, 0.25) is 6.79 Å². The Morgan fingerprint density at radius 3 is 2.76 bits per heavy atom. The van der Waals surface area contributed by atoms with Crippen LogP contribution in [0.3, 0.4) is 0 Å². The zero-order valence-electron chi connectivity index (χ0n) is 15.1. The molecule has 0 saturated heterocycles. The Morgan fingerprint density at radius 1 is 1.10 bits per heavy atom. The van der Waals surface area contributed by atoms with Gasteiger partial charge in [-0.05, 0) is 45.8 Å². The lowest BCUT2D eigenvalue weighted by molar-refractivity contribution is 0.0961. The molecule has 29 heavy (non-hydrogen) atoms. The van der Waals surface area contributed by atoms with Crippen LogP contribution in [-0.2, 0) is 6.54 Å². The Morgan fingerprint density at radius 2 is 1.90 bits per heavy atom. The fourth-order valence-corrected chi connectivity index (χ4v) is 3.17. The van der Waals surface area contributed by atoms with Gasteiger partial charge >= 0.3 is 0 Å². The Labute approximate surface area is 174 Å². The van der Waals surface area contributed by atoms with Gasteiger partial charge in [-0.2, -0.15) is 0 Å². The van der Waals surface area contributed by atoms with Gasteiger partial charge in [-0.1, -0.05) is 18.2 Å². The molecule has 2 heterocycles. The zero-order valence-corrected chi connectivity index (χ0v) is 16.7. The number of nitrogens with one attached hydrogen (secondary N) is 3. The molecular formula is C19H17BrN6O3. The highest BCUT2D eigenvalue weighted by Crippen LogP contribution is 2.33. The van der Waals surface area contributed by atoms with Crippen LogP contribution in [0, 0.1) is 0 Å². The molecule has 1 amide bonds. The molecular weight excluding hydrogens is 440 g/mol. The highest BCUT2D eigenvalue weighted by molar-refractivity contribution is 9.10. The van der Waals surface area contributed by atoms with Crippen LogP contribution in [0.2, 0.25) is 0 Å². The number of hydrogen-bond acceptors (Lipinski definition) is 8. The van der Waals surface area contributed by atoms with E-state index < -0.39 is 0 Å². The third-order valence-electron chi connectivity index (χ3n) is 4.19. The van der Waals surface area contributed by atoms with Crippen LogP contribution in [0.5, 0.6) is 11.5 Å². The molecule has 1 aliphatic heterocycles. The fraction of sp³-hybridized carbons (Fsp3) is 0.105. The molecule has 0 saturated carbocycles. The molecule has 4 rings (SSSR count). The summed E-state index contributed by atoms with van der Waals surface area (Å²) in [7, 11) is 0. The number of carbonyl (C=O) groups is 1. The van der Waals surface area contributed by atoms with E-state index in [2.05, 4.69) is 42.1 Å². The van der Waals surface area contributed by atoms with Gasteiger partial charge < -0.3 is 20.5 Å². The normalized spacial score (nSPS) is 11.8. The summed E-state index contributed by atoms with van der Waals surface area (Å²) in [5.74, 6) is 1.83. The smallest absolute Gasteiger partial charge is 0.270 e. The fourth-order valence-electron chi connectivity index (χ4n) is 2.70. The van der Waals surface area contributed by atoms with E-state index >= 15 is 0 Å². The minimum atomic E-state index is -0.328. The predicted octanol–water partition coefficient (Wildman–Crippen LogP) is 2.92. The highest BCUT2D eigenvalue weighted by Gasteiger charge is 2.14. The van der Waals surface area contributed by atoms with E-state index in [9.17, 15) is 4.79 Å². The van der Waals surface area contributed by atoms with E-state index in [4.69, 9.17) is 15.2 Å². The largest absolute Gasteiger partial charge is 0.454 e. The molecule has 1 aromatic heterocycles. The van der Waals surface area contributed by atoms with Gasteiger partial charge in [0, 0.05) is 11.0 Å². The van der Waals surface area contributed by atoms with Crippen LogP contribution in [-0.4, -0.2) is 22.7 Å². The maximum Gasteiger partial charge on any atom is 0.270 e. The van der Waals surface area contributed by atoms with Crippen LogP contribution in [0.4, 0.5) is 17.3 Å². The van der Waals surface area contributed by atoms with E-state index in [0.717, 1.165) is 11.3 Å². The van der Waals surface area contributed by atoms with Gasteiger partial charge in [-0.3, -0.25) is 15.6 Å². The van der Waals surface area contributed by atoms with Crippen molar-refractivity contribution in [3.8, 4) is 11.5 Å². The monoisotopic (exact) mass is 456 g/mol. The average molecular weight is 457 g/mol. The molecule has 5 N–H and O–H groups in total. The number of fused-ring (bicyclic) bond motifs is 1. The van der Waals surface area contributed by atoms with Crippen molar-refractivity contribution in [1.29, 1.82) is 0 Å². The van der Waals surface area contributed by atoms with E-state index in [1.54, 1.807) is 18.2 Å². The number of nitrogen functional groups attached to an aromatic ring is 1. The first-order valence-corrected chi connectivity index (χ1v) is 9.45. The van der Waals surface area contributed by atoms with E-state index in [-0.39, 0.29) is 24.2 Å². The summed E-state index contributed by atoms with van der Waals surface area (Å²) in [5, 5.41) is 3.16. The van der Waals surface area contributed by atoms with Crippen LogP contribution < -0.4 is 31.4 Å². The maximum absolute atomic E-state index is 12.3. The van der Waals surface area contributed by atoms with Crippen LogP contribution >= 0.6 is 15.9 Å². The van der Waals surface area contributed by atoms with E-state index in [1.165, 1.54) is 6.33 Å². The molecule has 2 aromatic carbocycles. The third kappa shape index (κ3) is 4.16. The number of anilines is 3. The first kappa shape index (κ1) is 18.8. The number of nitrogens with zero attached hydrogens (tertiary/aromatic N) is 2. The number of ether oxygens (including phenoxy) is 2. The summed E-state index contributed by atoms with van der Waals surface area (Å²) in [6, 6.07) is 12.8. The van der Waals surface area contributed by atoms with Crippen molar-refractivity contribution in [2.45, 2.75) is 6.54 Å². The van der Waals surface area contributed by atoms with Gasteiger partial charge in [-0.15, -0.1) is 0 Å². The lowest BCUT2D eigenvalue weighted by Gasteiger charge is -2.13.